The van der Waals surface area contributed by atoms with Crippen LogP contribution >= 0.6 is 15.9 Å². The maximum atomic E-state index is 12.2. The number of carbonyl (C=O) groups is 1. The Kier molecular flexibility index (Phi) is 3.90. The Morgan fingerprint density at radius 1 is 1.16 bits per heavy atom. The van der Waals surface area contributed by atoms with Crippen molar-refractivity contribution in [3.63, 3.8) is 0 Å². The third-order valence-electron chi connectivity index (χ3n) is 2.75. The molecule has 0 aromatic heterocycles. The second-order valence-corrected chi connectivity index (χ2v) is 5.39. The number of aryl methyl sites for hydroxylation is 2. The van der Waals surface area contributed by atoms with Crippen LogP contribution in [0, 0.1) is 13.8 Å². The highest BCUT2D eigenvalue weighted by molar-refractivity contribution is 9.10. The first-order chi connectivity index (χ1) is 8.95. The summed E-state index contributed by atoms with van der Waals surface area (Å²) >= 11 is 3.40. The summed E-state index contributed by atoms with van der Waals surface area (Å²) in [6.45, 7) is 3.76. The fraction of sp³-hybridized carbons (Fsp3) is 0.133. The molecule has 2 aromatic rings. The van der Waals surface area contributed by atoms with Gasteiger partial charge in [0.25, 0.3) is 5.91 Å². The van der Waals surface area contributed by atoms with Crippen LogP contribution in [0.5, 0.6) is 5.75 Å². The highest BCUT2D eigenvalue weighted by atomic mass is 79.9. The molecule has 0 aliphatic rings. The molecule has 0 unspecified atom stereocenters. The first kappa shape index (κ1) is 13.6. The zero-order valence-corrected chi connectivity index (χ0v) is 12.3. The molecule has 19 heavy (non-hydrogen) atoms. The van der Waals surface area contributed by atoms with Crippen molar-refractivity contribution in [1.29, 1.82) is 0 Å². The van der Waals surface area contributed by atoms with Crippen LogP contribution < -0.4 is 5.32 Å². The minimum atomic E-state index is -0.185. The third-order valence-corrected chi connectivity index (χ3v) is 3.21. The number of anilines is 1. The van der Waals surface area contributed by atoms with Crippen molar-refractivity contribution in [2.24, 2.45) is 0 Å². The molecule has 0 saturated heterocycles. The minimum absolute atomic E-state index is 0.160. The van der Waals surface area contributed by atoms with Gasteiger partial charge in [-0.2, -0.15) is 0 Å². The average Bonchev–Trinajstić information content (AvgIpc) is 2.26. The normalized spacial score (nSPS) is 10.3. The Labute approximate surface area is 120 Å². The van der Waals surface area contributed by atoms with E-state index in [1.807, 2.05) is 25.1 Å². The third kappa shape index (κ3) is 3.35. The molecule has 2 N–H and O–H groups in total. The zero-order chi connectivity index (χ0) is 14.0. The van der Waals surface area contributed by atoms with Gasteiger partial charge in [-0.05, 0) is 61.4 Å². The van der Waals surface area contributed by atoms with E-state index in [1.165, 1.54) is 6.07 Å². The summed E-state index contributed by atoms with van der Waals surface area (Å²) in [6.07, 6.45) is 0. The van der Waals surface area contributed by atoms with E-state index in [9.17, 15) is 9.90 Å². The van der Waals surface area contributed by atoms with Gasteiger partial charge in [0, 0.05) is 15.7 Å². The number of carbonyl (C=O) groups excluding carboxylic acids is 1. The Morgan fingerprint density at radius 3 is 2.53 bits per heavy atom. The molecule has 2 aromatic carbocycles. The number of rotatable bonds is 2. The molecule has 3 nitrogen and oxygen atoms in total. The maximum absolute atomic E-state index is 12.2. The topological polar surface area (TPSA) is 49.3 Å². The summed E-state index contributed by atoms with van der Waals surface area (Å²) in [6, 6.07) is 10.4. The van der Waals surface area contributed by atoms with Crippen LogP contribution in [-0.2, 0) is 0 Å². The lowest BCUT2D eigenvalue weighted by Gasteiger charge is -2.09. The van der Waals surface area contributed by atoms with Crippen LogP contribution in [-0.4, -0.2) is 11.0 Å². The molecule has 0 aliphatic heterocycles. The van der Waals surface area contributed by atoms with Crippen LogP contribution in [0.25, 0.3) is 0 Å². The van der Waals surface area contributed by atoms with E-state index >= 15 is 0 Å². The van der Waals surface area contributed by atoms with Gasteiger partial charge in [0.1, 0.15) is 5.75 Å². The lowest BCUT2D eigenvalue weighted by molar-refractivity contribution is 0.102. The smallest absolute Gasteiger partial charge is 0.255 e. The number of amides is 1. The van der Waals surface area contributed by atoms with Crippen molar-refractivity contribution in [2.75, 3.05) is 5.32 Å². The number of phenolic OH excluding ortho intramolecular Hbond substituents is 1. The number of benzene rings is 2. The van der Waals surface area contributed by atoms with Crippen molar-refractivity contribution in [2.45, 2.75) is 13.8 Å². The van der Waals surface area contributed by atoms with Crippen molar-refractivity contribution in [3.8, 4) is 5.75 Å². The van der Waals surface area contributed by atoms with Gasteiger partial charge in [-0.25, -0.2) is 0 Å². The van der Waals surface area contributed by atoms with Crippen LogP contribution in [0.4, 0.5) is 5.69 Å². The maximum Gasteiger partial charge on any atom is 0.255 e. The van der Waals surface area contributed by atoms with Crippen molar-refractivity contribution in [3.05, 3.63) is 57.6 Å². The first-order valence-electron chi connectivity index (χ1n) is 5.84. The van der Waals surface area contributed by atoms with Gasteiger partial charge in [0.15, 0.2) is 0 Å². The number of nitrogens with one attached hydrogen (secondary N) is 1. The van der Waals surface area contributed by atoms with Gasteiger partial charge in [-0.3, -0.25) is 4.79 Å². The molecule has 0 atom stereocenters. The number of phenols is 1. The van der Waals surface area contributed by atoms with Crippen molar-refractivity contribution >= 4 is 27.5 Å². The molecule has 0 aliphatic carbocycles. The predicted molar refractivity (Wildman–Crippen MR) is 79.7 cm³/mol. The lowest BCUT2D eigenvalue weighted by atomic mass is 10.1. The van der Waals surface area contributed by atoms with E-state index in [-0.39, 0.29) is 11.7 Å². The number of aromatic hydroxyl groups is 1. The molecule has 1 amide bonds. The van der Waals surface area contributed by atoms with Gasteiger partial charge in [-0.15, -0.1) is 0 Å². The minimum Gasteiger partial charge on any atom is -0.508 e. The highest BCUT2D eigenvalue weighted by Gasteiger charge is 2.10. The lowest BCUT2D eigenvalue weighted by Crippen LogP contribution is -2.13. The van der Waals surface area contributed by atoms with Crippen LogP contribution in [0.3, 0.4) is 0 Å². The van der Waals surface area contributed by atoms with E-state index < -0.39 is 0 Å². The molecule has 0 radical (unpaired) electrons. The molecule has 2 rings (SSSR count). The van der Waals surface area contributed by atoms with Gasteiger partial charge >= 0.3 is 0 Å². The van der Waals surface area contributed by atoms with Crippen LogP contribution in [0.2, 0.25) is 0 Å². The summed E-state index contributed by atoms with van der Waals surface area (Å²) in [5.74, 6) is -0.0256. The number of halogens is 1. The standard InChI is InChI=1S/C15H14BrNO2/c1-9-5-11(16)8-12(6-9)17-15(19)14-4-3-13(18)7-10(14)2/h3-8,18H,1-2H3,(H,17,19). The largest absolute Gasteiger partial charge is 0.508 e. The number of hydrogen-bond donors (Lipinski definition) is 2. The van der Waals surface area contributed by atoms with Gasteiger partial charge < -0.3 is 10.4 Å². The Bertz CT molecular complexity index is 618. The predicted octanol–water partition coefficient (Wildman–Crippen LogP) is 4.02. The molecule has 0 saturated carbocycles. The van der Waals surface area contributed by atoms with Crippen molar-refractivity contribution in [1.82, 2.24) is 0 Å². The highest BCUT2D eigenvalue weighted by Crippen LogP contribution is 2.21. The molecule has 4 heteroatoms. The molecule has 0 bridgehead atoms. The first-order valence-corrected chi connectivity index (χ1v) is 6.63. The monoisotopic (exact) mass is 319 g/mol. The summed E-state index contributed by atoms with van der Waals surface area (Å²) in [7, 11) is 0. The van der Waals surface area contributed by atoms with Crippen molar-refractivity contribution < 1.29 is 9.90 Å². The Morgan fingerprint density at radius 2 is 1.89 bits per heavy atom. The average molecular weight is 320 g/mol. The summed E-state index contributed by atoms with van der Waals surface area (Å²) in [4.78, 5) is 12.2. The molecule has 98 valence electrons. The molecule has 0 spiro atoms. The Balaban J connectivity index is 2.25. The molecule has 0 fully saturated rings. The van der Waals surface area contributed by atoms with Gasteiger partial charge in [-0.1, -0.05) is 15.9 Å². The summed E-state index contributed by atoms with van der Waals surface area (Å²) in [5, 5.41) is 12.2. The second-order valence-electron chi connectivity index (χ2n) is 4.47. The quantitative estimate of drug-likeness (QED) is 0.878. The van der Waals surface area contributed by atoms with E-state index in [2.05, 4.69) is 21.2 Å². The van der Waals surface area contributed by atoms with E-state index in [0.717, 1.165) is 21.3 Å². The molecular weight excluding hydrogens is 306 g/mol. The molecular formula is C15H14BrNO2. The van der Waals surface area contributed by atoms with Crippen LogP contribution in [0.15, 0.2) is 40.9 Å². The van der Waals surface area contributed by atoms with E-state index in [4.69, 9.17) is 0 Å². The Hall–Kier alpha value is -1.81. The van der Waals surface area contributed by atoms with E-state index in [0.29, 0.717) is 5.56 Å². The SMILES string of the molecule is Cc1cc(Br)cc(NC(=O)c2ccc(O)cc2C)c1. The second kappa shape index (κ2) is 5.45. The summed E-state index contributed by atoms with van der Waals surface area (Å²) in [5.41, 5.74) is 3.09. The summed E-state index contributed by atoms with van der Waals surface area (Å²) < 4.78 is 0.922. The van der Waals surface area contributed by atoms with Crippen LogP contribution in [0.1, 0.15) is 21.5 Å². The van der Waals surface area contributed by atoms with E-state index in [1.54, 1.807) is 19.1 Å². The zero-order valence-electron chi connectivity index (χ0n) is 10.7. The number of hydrogen-bond acceptors (Lipinski definition) is 2. The van der Waals surface area contributed by atoms with Gasteiger partial charge in [0.05, 0.1) is 0 Å². The van der Waals surface area contributed by atoms with Gasteiger partial charge in [0.2, 0.25) is 0 Å². The fourth-order valence-corrected chi connectivity index (χ4v) is 2.52. The fourth-order valence-electron chi connectivity index (χ4n) is 1.91. The molecule has 0 heterocycles.